The Hall–Kier alpha value is -0.160. The van der Waals surface area contributed by atoms with Crippen molar-refractivity contribution in [3.8, 4) is 0 Å². The number of nitrogens with one attached hydrogen (secondary N) is 1. The van der Waals surface area contributed by atoms with Gasteiger partial charge >= 0.3 is 0 Å². The summed E-state index contributed by atoms with van der Waals surface area (Å²) in [4.78, 5) is 2.15. The third kappa shape index (κ3) is 6.10. The van der Waals surface area contributed by atoms with Gasteiger partial charge in [0.25, 0.3) is 0 Å². The van der Waals surface area contributed by atoms with Crippen LogP contribution < -0.4 is 5.32 Å². The fraction of sp³-hybridized carbons (Fsp3) is 1.00. The van der Waals surface area contributed by atoms with Gasteiger partial charge in [-0.25, -0.2) is 0 Å². The van der Waals surface area contributed by atoms with Gasteiger partial charge in [0.15, 0.2) is 0 Å². The highest BCUT2D eigenvalue weighted by Gasteiger charge is 2.11. The molecule has 0 aliphatic carbocycles. The molecule has 0 amide bonds. The Bertz CT molecular complexity index is 137. The van der Waals surface area contributed by atoms with Crippen molar-refractivity contribution in [2.24, 2.45) is 0 Å². The summed E-state index contributed by atoms with van der Waals surface area (Å²) >= 11 is 0. The first-order chi connectivity index (χ1) is 7.19. The SMILES string of the molecule is CCC(CO)N(C)CCN[C@@H](CC)CO. The third-order valence-corrected chi connectivity index (χ3v) is 2.92. The number of aliphatic hydroxyl groups excluding tert-OH is 2. The molecule has 92 valence electrons. The number of hydrogen-bond acceptors (Lipinski definition) is 4. The molecule has 0 fully saturated rings. The van der Waals surface area contributed by atoms with Gasteiger partial charge in [-0.05, 0) is 19.9 Å². The second kappa shape index (κ2) is 9.09. The van der Waals surface area contributed by atoms with Crippen LogP contribution in [0.4, 0.5) is 0 Å². The molecule has 15 heavy (non-hydrogen) atoms. The first-order valence-electron chi connectivity index (χ1n) is 5.84. The van der Waals surface area contributed by atoms with Crippen molar-refractivity contribution in [1.82, 2.24) is 10.2 Å². The summed E-state index contributed by atoms with van der Waals surface area (Å²) in [7, 11) is 2.02. The Balaban J connectivity index is 3.65. The van der Waals surface area contributed by atoms with E-state index in [9.17, 15) is 0 Å². The topological polar surface area (TPSA) is 55.7 Å². The van der Waals surface area contributed by atoms with E-state index in [0.717, 1.165) is 25.9 Å². The lowest BCUT2D eigenvalue weighted by atomic mass is 10.2. The van der Waals surface area contributed by atoms with E-state index in [1.165, 1.54) is 0 Å². The zero-order chi connectivity index (χ0) is 11.7. The predicted molar refractivity (Wildman–Crippen MR) is 63.0 cm³/mol. The minimum Gasteiger partial charge on any atom is -0.395 e. The zero-order valence-electron chi connectivity index (χ0n) is 10.2. The zero-order valence-corrected chi connectivity index (χ0v) is 10.2. The maximum atomic E-state index is 9.10. The molecule has 4 heteroatoms. The molecule has 0 bridgehead atoms. The Morgan fingerprint density at radius 1 is 1.13 bits per heavy atom. The summed E-state index contributed by atoms with van der Waals surface area (Å²) in [5.41, 5.74) is 0. The molecule has 2 atom stereocenters. The second-order valence-corrected chi connectivity index (χ2v) is 3.97. The number of hydrogen-bond donors (Lipinski definition) is 3. The molecule has 0 aromatic heterocycles. The van der Waals surface area contributed by atoms with E-state index >= 15 is 0 Å². The van der Waals surface area contributed by atoms with E-state index in [1.54, 1.807) is 0 Å². The van der Waals surface area contributed by atoms with Crippen molar-refractivity contribution in [1.29, 1.82) is 0 Å². The van der Waals surface area contributed by atoms with Crippen LogP contribution >= 0.6 is 0 Å². The molecule has 0 aliphatic rings. The van der Waals surface area contributed by atoms with Gasteiger partial charge in [0.05, 0.1) is 13.2 Å². The lowest BCUT2D eigenvalue weighted by Gasteiger charge is -2.26. The lowest BCUT2D eigenvalue weighted by molar-refractivity contribution is 0.141. The Morgan fingerprint density at radius 2 is 1.80 bits per heavy atom. The fourth-order valence-electron chi connectivity index (χ4n) is 1.55. The molecule has 0 aromatic rings. The molecule has 4 nitrogen and oxygen atoms in total. The van der Waals surface area contributed by atoms with E-state index in [2.05, 4.69) is 24.1 Å². The van der Waals surface area contributed by atoms with Crippen molar-refractivity contribution in [2.75, 3.05) is 33.4 Å². The van der Waals surface area contributed by atoms with Crippen LogP contribution in [-0.4, -0.2) is 60.5 Å². The van der Waals surface area contributed by atoms with Crippen LogP contribution in [0.5, 0.6) is 0 Å². The molecule has 3 N–H and O–H groups in total. The Labute approximate surface area is 93.3 Å². The summed E-state index contributed by atoms with van der Waals surface area (Å²) in [6.45, 7) is 6.29. The summed E-state index contributed by atoms with van der Waals surface area (Å²) in [6, 6.07) is 0.452. The maximum Gasteiger partial charge on any atom is 0.0586 e. The molecule has 0 radical (unpaired) electrons. The molecule has 0 spiro atoms. The second-order valence-electron chi connectivity index (χ2n) is 3.97. The first-order valence-corrected chi connectivity index (χ1v) is 5.84. The molecule has 0 saturated heterocycles. The molecule has 0 heterocycles. The third-order valence-electron chi connectivity index (χ3n) is 2.92. The highest BCUT2D eigenvalue weighted by Crippen LogP contribution is 1.99. The van der Waals surface area contributed by atoms with Crippen molar-refractivity contribution in [3.05, 3.63) is 0 Å². The average molecular weight is 218 g/mol. The highest BCUT2D eigenvalue weighted by molar-refractivity contribution is 4.69. The summed E-state index contributed by atoms with van der Waals surface area (Å²) in [5.74, 6) is 0. The normalized spacial score (nSPS) is 15.6. The molecule has 0 aliphatic heterocycles. The van der Waals surface area contributed by atoms with Crippen molar-refractivity contribution in [2.45, 2.75) is 38.8 Å². The van der Waals surface area contributed by atoms with Gasteiger partial charge in [0.2, 0.25) is 0 Å². The fourth-order valence-corrected chi connectivity index (χ4v) is 1.55. The first kappa shape index (κ1) is 14.8. The minimum absolute atomic E-state index is 0.192. The van der Waals surface area contributed by atoms with E-state index in [1.807, 2.05) is 7.05 Å². The van der Waals surface area contributed by atoms with Gasteiger partial charge in [-0.3, -0.25) is 4.90 Å². The van der Waals surface area contributed by atoms with Gasteiger partial charge in [-0.1, -0.05) is 13.8 Å². The summed E-state index contributed by atoms with van der Waals surface area (Å²) < 4.78 is 0. The standard InChI is InChI=1S/C11H26N2O2/c1-4-10(8-14)12-6-7-13(3)11(5-2)9-15/h10-12,14-15H,4-9H2,1-3H3/t10-,11?/m0/s1. The summed E-state index contributed by atoms with van der Waals surface area (Å²) in [5, 5.41) is 21.4. The number of aliphatic hydroxyl groups is 2. The van der Waals surface area contributed by atoms with Gasteiger partial charge in [0.1, 0.15) is 0 Å². The minimum atomic E-state index is 0.192. The van der Waals surface area contributed by atoms with Gasteiger partial charge in [-0.15, -0.1) is 0 Å². The summed E-state index contributed by atoms with van der Waals surface area (Å²) in [6.07, 6.45) is 1.90. The molecule has 1 unspecified atom stereocenters. The Morgan fingerprint density at radius 3 is 2.20 bits per heavy atom. The number of likely N-dealkylation sites (N-methyl/N-ethyl adjacent to an activating group) is 1. The van der Waals surface area contributed by atoms with Crippen LogP contribution in [0.15, 0.2) is 0 Å². The predicted octanol–water partition coefficient (Wildman–Crippen LogP) is 0.0496. The molecular formula is C11H26N2O2. The monoisotopic (exact) mass is 218 g/mol. The average Bonchev–Trinajstić information content (AvgIpc) is 2.26. The van der Waals surface area contributed by atoms with Crippen LogP contribution in [0.2, 0.25) is 0 Å². The van der Waals surface area contributed by atoms with Crippen molar-refractivity contribution in [3.63, 3.8) is 0 Å². The number of rotatable bonds is 9. The smallest absolute Gasteiger partial charge is 0.0586 e. The van der Waals surface area contributed by atoms with Crippen molar-refractivity contribution >= 4 is 0 Å². The number of nitrogens with zero attached hydrogens (tertiary/aromatic N) is 1. The van der Waals surface area contributed by atoms with Crippen LogP contribution in [0.3, 0.4) is 0 Å². The maximum absolute atomic E-state index is 9.10. The quantitative estimate of drug-likeness (QED) is 0.512. The van der Waals surface area contributed by atoms with E-state index in [4.69, 9.17) is 10.2 Å². The van der Waals surface area contributed by atoms with Gasteiger partial charge in [0, 0.05) is 25.2 Å². The highest BCUT2D eigenvalue weighted by atomic mass is 16.3. The van der Waals surface area contributed by atoms with Crippen LogP contribution in [-0.2, 0) is 0 Å². The largest absolute Gasteiger partial charge is 0.395 e. The van der Waals surface area contributed by atoms with Gasteiger partial charge < -0.3 is 15.5 Å². The van der Waals surface area contributed by atoms with E-state index < -0.39 is 0 Å². The molecule has 0 saturated carbocycles. The van der Waals surface area contributed by atoms with Crippen LogP contribution in [0.25, 0.3) is 0 Å². The van der Waals surface area contributed by atoms with E-state index in [-0.39, 0.29) is 25.3 Å². The Kier molecular flexibility index (Phi) is 9.00. The molecule has 0 aromatic carbocycles. The lowest BCUT2D eigenvalue weighted by Crippen LogP contribution is -2.42. The van der Waals surface area contributed by atoms with Crippen LogP contribution in [0, 0.1) is 0 Å². The molecular weight excluding hydrogens is 192 g/mol. The van der Waals surface area contributed by atoms with Crippen molar-refractivity contribution < 1.29 is 10.2 Å². The van der Waals surface area contributed by atoms with E-state index in [0.29, 0.717) is 0 Å². The molecule has 0 rings (SSSR count). The van der Waals surface area contributed by atoms with Gasteiger partial charge in [-0.2, -0.15) is 0 Å². The van der Waals surface area contributed by atoms with Crippen LogP contribution in [0.1, 0.15) is 26.7 Å².